The third-order valence-corrected chi connectivity index (χ3v) is 5.67. The number of thiazole rings is 1. The topological polar surface area (TPSA) is 61.6 Å². The van der Waals surface area contributed by atoms with Gasteiger partial charge in [0.25, 0.3) is 0 Å². The molecule has 0 saturated carbocycles. The van der Waals surface area contributed by atoms with Crippen LogP contribution in [0.1, 0.15) is 11.3 Å². The second-order valence-corrected chi connectivity index (χ2v) is 7.96. The number of aromatic nitrogens is 1. The van der Waals surface area contributed by atoms with E-state index in [9.17, 15) is 4.79 Å². The lowest BCUT2D eigenvalue weighted by Crippen LogP contribution is -1.99. The molecule has 142 valence electrons. The summed E-state index contributed by atoms with van der Waals surface area (Å²) in [5, 5.41) is 3.71. The van der Waals surface area contributed by atoms with E-state index in [0.717, 1.165) is 37.4 Å². The molecule has 0 radical (unpaired) electrons. The number of hydrogen-bond acceptors (Lipinski definition) is 6. The number of methoxy groups -OCH3 is 1. The molecule has 2 heterocycles. The lowest BCUT2D eigenvalue weighted by atomic mass is 10.1. The maximum absolute atomic E-state index is 11.6. The summed E-state index contributed by atoms with van der Waals surface area (Å²) in [7, 11) is 1.64. The van der Waals surface area contributed by atoms with Gasteiger partial charge >= 0.3 is 5.63 Å². The summed E-state index contributed by atoms with van der Waals surface area (Å²) in [6.07, 6.45) is 0. The van der Waals surface area contributed by atoms with Crippen LogP contribution in [-0.2, 0) is 6.61 Å². The number of benzene rings is 2. The highest BCUT2D eigenvalue weighted by atomic mass is 79.9. The Morgan fingerprint density at radius 2 is 2.04 bits per heavy atom. The molecule has 0 saturated heterocycles. The van der Waals surface area contributed by atoms with Gasteiger partial charge in [-0.1, -0.05) is 15.9 Å². The van der Waals surface area contributed by atoms with E-state index >= 15 is 0 Å². The van der Waals surface area contributed by atoms with Crippen molar-refractivity contribution in [2.24, 2.45) is 0 Å². The highest BCUT2D eigenvalue weighted by molar-refractivity contribution is 9.10. The first-order chi connectivity index (χ1) is 13.5. The van der Waals surface area contributed by atoms with E-state index in [0.29, 0.717) is 17.9 Å². The summed E-state index contributed by atoms with van der Waals surface area (Å²) >= 11 is 5.02. The number of aryl methyl sites for hydroxylation is 1. The molecule has 28 heavy (non-hydrogen) atoms. The minimum Gasteiger partial charge on any atom is -0.496 e. The van der Waals surface area contributed by atoms with Crippen LogP contribution >= 0.6 is 27.3 Å². The zero-order chi connectivity index (χ0) is 19.7. The van der Waals surface area contributed by atoms with E-state index < -0.39 is 0 Å². The normalized spacial score (nSPS) is 11.0. The van der Waals surface area contributed by atoms with Crippen LogP contribution < -0.4 is 15.1 Å². The van der Waals surface area contributed by atoms with Gasteiger partial charge in [-0.15, -0.1) is 11.3 Å². The summed E-state index contributed by atoms with van der Waals surface area (Å²) in [6, 6.07) is 12.8. The summed E-state index contributed by atoms with van der Waals surface area (Å²) in [5.74, 6) is 1.39. The molecule has 0 spiro atoms. The van der Waals surface area contributed by atoms with E-state index in [-0.39, 0.29) is 5.63 Å². The smallest absolute Gasteiger partial charge is 0.336 e. The first-order valence-corrected chi connectivity index (χ1v) is 10.2. The van der Waals surface area contributed by atoms with E-state index in [1.807, 2.05) is 42.6 Å². The maximum atomic E-state index is 11.6. The van der Waals surface area contributed by atoms with Crippen molar-refractivity contribution in [1.82, 2.24) is 4.98 Å². The second kappa shape index (κ2) is 7.77. The van der Waals surface area contributed by atoms with Crippen LogP contribution in [0.4, 0.5) is 0 Å². The molecule has 5 nitrogen and oxygen atoms in total. The Balaban J connectivity index is 1.55. The quantitative estimate of drug-likeness (QED) is 0.366. The third-order valence-electron chi connectivity index (χ3n) is 4.25. The summed E-state index contributed by atoms with van der Waals surface area (Å²) in [4.78, 5) is 16.2. The van der Waals surface area contributed by atoms with Gasteiger partial charge in [0.05, 0.1) is 18.4 Å². The maximum Gasteiger partial charge on any atom is 0.336 e. The molecule has 0 aliphatic heterocycles. The average molecular weight is 458 g/mol. The Kier molecular flexibility index (Phi) is 5.19. The zero-order valence-electron chi connectivity index (χ0n) is 15.2. The first-order valence-electron chi connectivity index (χ1n) is 8.49. The molecule has 0 unspecified atom stereocenters. The number of ether oxygens (including phenoxy) is 2. The average Bonchev–Trinajstić information content (AvgIpc) is 3.15. The summed E-state index contributed by atoms with van der Waals surface area (Å²) < 4.78 is 17.5. The minimum absolute atomic E-state index is 0.314. The van der Waals surface area contributed by atoms with Crippen molar-refractivity contribution in [2.75, 3.05) is 7.11 Å². The van der Waals surface area contributed by atoms with Gasteiger partial charge in [0.2, 0.25) is 0 Å². The summed E-state index contributed by atoms with van der Waals surface area (Å²) in [5.41, 5.74) is 2.77. The monoisotopic (exact) mass is 457 g/mol. The van der Waals surface area contributed by atoms with Crippen LogP contribution in [-0.4, -0.2) is 12.1 Å². The standard InChI is InChI=1S/C21H16BrNO4S/c1-12-7-20(24)27-19-9-15(4-5-16(12)19)26-10-14-11-28-21(23-14)17-8-13(22)3-6-18(17)25-2/h3-9,11H,10H2,1-2H3. The van der Waals surface area contributed by atoms with E-state index in [1.165, 1.54) is 17.4 Å². The molecule has 0 atom stereocenters. The molecule has 7 heteroatoms. The Hall–Kier alpha value is -2.64. The molecule has 4 rings (SSSR count). The van der Waals surface area contributed by atoms with Gasteiger partial charge in [0.15, 0.2) is 0 Å². The van der Waals surface area contributed by atoms with Crippen molar-refractivity contribution < 1.29 is 13.9 Å². The fraction of sp³-hybridized carbons (Fsp3) is 0.143. The van der Waals surface area contributed by atoms with Crippen molar-refractivity contribution in [1.29, 1.82) is 0 Å². The van der Waals surface area contributed by atoms with Crippen molar-refractivity contribution >= 4 is 38.2 Å². The Bertz CT molecular complexity index is 1210. The second-order valence-electron chi connectivity index (χ2n) is 6.18. The molecule has 0 aliphatic rings. The molecule has 2 aromatic carbocycles. The van der Waals surface area contributed by atoms with Crippen molar-refractivity contribution in [2.45, 2.75) is 13.5 Å². The highest BCUT2D eigenvalue weighted by Gasteiger charge is 2.12. The first kappa shape index (κ1) is 18.7. The predicted octanol–water partition coefficient (Wildman–Crippen LogP) is 5.58. The van der Waals surface area contributed by atoms with Gasteiger partial charge in [0.1, 0.15) is 28.7 Å². The number of halogens is 1. The molecule has 4 aromatic rings. The fourth-order valence-corrected chi connectivity index (χ4v) is 4.08. The van der Waals surface area contributed by atoms with E-state index in [1.54, 1.807) is 13.2 Å². The van der Waals surface area contributed by atoms with Gasteiger partial charge in [-0.2, -0.15) is 0 Å². The Labute approximate surface area is 173 Å². The zero-order valence-corrected chi connectivity index (χ0v) is 17.6. The Morgan fingerprint density at radius 1 is 1.18 bits per heavy atom. The number of fused-ring (bicyclic) bond motifs is 1. The number of nitrogens with zero attached hydrogens (tertiary/aromatic N) is 1. The predicted molar refractivity (Wildman–Crippen MR) is 113 cm³/mol. The fourth-order valence-electron chi connectivity index (χ4n) is 2.90. The number of hydrogen-bond donors (Lipinski definition) is 0. The molecule has 0 bridgehead atoms. The van der Waals surface area contributed by atoms with Gasteiger partial charge in [-0.25, -0.2) is 9.78 Å². The molecule has 0 fully saturated rings. The lowest BCUT2D eigenvalue weighted by Gasteiger charge is -2.07. The van der Waals surface area contributed by atoms with Gasteiger partial charge in [0, 0.05) is 27.4 Å². The highest BCUT2D eigenvalue weighted by Crippen LogP contribution is 2.34. The van der Waals surface area contributed by atoms with Crippen LogP contribution in [0, 0.1) is 6.92 Å². The van der Waals surface area contributed by atoms with Crippen LogP contribution in [0.5, 0.6) is 11.5 Å². The molecular weight excluding hydrogens is 442 g/mol. The third kappa shape index (κ3) is 3.81. The van der Waals surface area contributed by atoms with Crippen molar-refractivity contribution in [3.05, 3.63) is 74.0 Å². The minimum atomic E-state index is -0.366. The molecular formula is C21H16BrNO4S. The van der Waals surface area contributed by atoms with E-state index in [2.05, 4.69) is 20.9 Å². The van der Waals surface area contributed by atoms with Gasteiger partial charge < -0.3 is 13.9 Å². The largest absolute Gasteiger partial charge is 0.496 e. The van der Waals surface area contributed by atoms with Crippen LogP contribution in [0.25, 0.3) is 21.5 Å². The molecule has 0 N–H and O–H groups in total. The Morgan fingerprint density at radius 3 is 2.86 bits per heavy atom. The summed E-state index contributed by atoms with van der Waals surface area (Å²) in [6.45, 7) is 2.20. The SMILES string of the molecule is COc1ccc(Br)cc1-c1nc(COc2ccc3c(C)cc(=O)oc3c2)cs1. The van der Waals surface area contributed by atoms with Crippen molar-refractivity contribution in [3.8, 4) is 22.1 Å². The molecule has 0 amide bonds. The van der Waals surface area contributed by atoms with E-state index in [4.69, 9.17) is 13.9 Å². The lowest BCUT2D eigenvalue weighted by molar-refractivity contribution is 0.302. The number of rotatable bonds is 5. The van der Waals surface area contributed by atoms with Crippen LogP contribution in [0.3, 0.4) is 0 Å². The van der Waals surface area contributed by atoms with Crippen LogP contribution in [0.2, 0.25) is 0 Å². The van der Waals surface area contributed by atoms with Gasteiger partial charge in [-0.3, -0.25) is 0 Å². The molecule has 2 aromatic heterocycles. The van der Waals surface area contributed by atoms with Crippen molar-refractivity contribution in [3.63, 3.8) is 0 Å². The van der Waals surface area contributed by atoms with Crippen LogP contribution in [0.15, 0.2) is 61.5 Å². The van der Waals surface area contributed by atoms with Gasteiger partial charge in [-0.05, 0) is 42.8 Å². The molecule has 0 aliphatic carbocycles.